The van der Waals surface area contributed by atoms with E-state index in [4.69, 9.17) is 9.47 Å². The van der Waals surface area contributed by atoms with Gasteiger partial charge in [0.1, 0.15) is 0 Å². The molecular weight excluding hydrogens is 865 g/mol. The van der Waals surface area contributed by atoms with Crippen molar-refractivity contribution in [1.29, 1.82) is 0 Å². The number of rotatable bonds is 6. The van der Waals surface area contributed by atoms with Gasteiger partial charge in [0.2, 0.25) is 0 Å². The maximum absolute atomic E-state index is 6.33. The van der Waals surface area contributed by atoms with Gasteiger partial charge in [0.15, 0.2) is 23.0 Å². The predicted molar refractivity (Wildman–Crippen MR) is 295 cm³/mol. The molecule has 2 aliphatic heterocycles. The van der Waals surface area contributed by atoms with Gasteiger partial charge in [-0.25, -0.2) is 0 Å². The fraction of sp³-hybridized carbons (Fsp3) is 0.0448. The number of hydrogen-bond donors (Lipinski definition) is 0. The van der Waals surface area contributed by atoms with Crippen LogP contribution in [0.4, 0.5) is 34.1 Å². The molecule has 2 heterocycles. The maximum Gasteiger partial charge on any atom is 0.151 e. The summed E-state index contributed by atoms with van der Waals surface area (Å²) < 4.78 is 12.6. The van der Waals surface area contributed by atoms with Crippen molar-refractivity contribution in [2.24, 2.45) is 0 Å². The van der Waals surface area contributed by atoms with Crippen LogP contribution in [0.25, 0.3) is 67.1 Å². The lowest BCUT2D eigenvalue weighted by atomic mass is 9.81. The zero-order chi connectivity index (χ0) is 47.2. The Kier molecular flexibility index (Phi) is 9.21. The van der Waals surface area contributed by atoms with Gasteiger partial charge in [-0.2, -0.15) is 0 Å². The van der Waals surface area contributed by atoms with E-state index in [1.165, 1.54) is 71.6 Å². The van der Waals surface area contributed by atoms with Crippen LogP contribution in [-0.2, 0) is 5.41 Å². The van der Waals surface area contributed by atoms with Crippen molar-refractivity contribution in [3.63, 3.8) is 0 Å². The molecule has 0 saturated carbocycles. The number of fused-ring (bicyclic) bond motifs is 9. The number of benzene rings is 11. The van der Waals surface area contributed by atoms with Crippen LogP contribution in [0.1, 0.15) is 36.1 Å². The molecule has 71 heavy (non-hydrogen) atoms. The number of para-hydroxylation sites is 8. The highest BCUT2D eigenvalue weighted by Crippen LogP contribution is 2.55. The molecule has 0 N–H and O–H groups in total. The molecule has 0 unspecified atom stereocenters. The monoisotopic (exact) mass is 910 g/mol. The Morgan fingerprint density at radius 2 is 0.690 bits per heavy atom. The number of ether oxygens (including phenoxy) is 2. The molecule has 1 aliphatic carbocycles. The summed E-state index contributed by atoms with van der Waals surface area (Å²) >= 11 is 0. The van der Waals surface area contributed by atoms with Crippen LogP contribution in [0.3, 0.4) is 0 Å². The van der Waals surface area contributed by atoms with Crippen molar-refractivity contribution in [2.45, 2.75) is 19.3 Å². The van der Waals surface area contributed by atoms with Crippen molar-refractivity contribution >= 4 is 67.8 Å². The summed E-state index contributed by atoms with van der Waals surface area (Å²) in [4.78, 5) is 4.63. The van der Waals surface area contributed by atoms with Crippen LogP contribution in [0, 0.1) is 0 Å². The predicted octanol–water partition coefficient (Wildman–Crippen LogP) is 19.0. The first kappa shape index (κ1) is 40.9. The van der Waals surface area contributed by atoms with E-state index in [2.05, 4.69) is 218 Å². The van der Waals surface area contributed by atoms with Crippen LogP contribution in [0.5, 0.6) is 23.0 Å². The first-order valence-electron chi connectivity index (χ1n) is 24.4. The lowest BCUT2D eigenvalue weighted by Crippen LogP contribution is -2.18. The molecule has 11 aromatic carbocycles. The summed E-state index contributed by atoms with van der Waals surface area (Å²) in [7, 11) is 0. The van der Waals surface area contributed by atoms with E-state index in [0.29, 0.717) is 0 Å². The van der Waals surface area contributed by atoms with Gasteiger partial charge in [0, 0.05) is 16.8 Å². The molecule has 0 atom stereocenters. The third kappa shape index (κ3) is 6.52. The maximum atomic E-state index is 6.33. The molecule has 11 aromatic rings. The number of nitrogens with zero attached hydrogens (tertiary/aromatic N) is 2. The van der Waals surface area contributed by atoms with E-state index < -0.39 is 0 Å². The van der Waals surface area contributed by atoms with Crippen LogP contribution in [0.15, 0.2) is 231 Å². The zero-order valence-corrected chi connectivity index (χ0v) is 39.3. The highest BCUT2D eigenvalue weighted by atomic mass is 16.5. The van der Waals surface area contributed by atoms with E-state index in [0.717, 1.165) is 62.7 Å². The molecule has 0 amide bonds. The normalized spacial score (nSPS) is 13.7. The molecule has 0 aromatic heterocycles. The summed E-state index contributed by atoms with van der Waals surface area (Å²) in [5.74, 6) is 3.42. The molecule has 3 aliphatic rings. The van der Waals surface area contributed by atoms with Gasteiger partial charge < -0.3 is 19.3 Å². The molecule has 336 valence electrons. The summed E-state index contributed by atoms with van der Waals surface area (Å²) in [6.45, 7) is 4.71. The molecule has 0 saturated heterocycles. The Balaban J connectivity index is 0.767. The molecule has 4 nitrogen and oxygen atoms in total. The second-order valence-electron chi connectivity index (χ2n) is 19.2. The molecule has 0 spiro atoms. The highest BCUT2D eigenvalue weighted by Gasteiger charge is 2.37. The first-order chi connectivity index (χ1) is 35.0. The smallest absolute Gasteiger partial charge is 0.151 e. The highest BCUT2D eigenvalue weighted by molar-refractivity contribution is 6.21. The van der Waals surface area contributed by atoms with E-state index in [1.54, 1.807) is 0 Å². The Bertz CT molecular complexity index is 3830. The molecular formula is C67H46N2O2. The Morgan fingerprint density at radius 1 is 0.338 bits per heavy atom. The molecule has 0 bridgehead atoms. The average Bonchev–Trinajstić information content (AvgIpc) is 3.64. The van der Waals surface area contributed by atoms with E-state index in [1.807, 2.05) is 48.5 Å². The fourth-order valence-corrected chi connectivity index (χ4v) is 11.4. The molecule has 0 fully saturated rings. The average molecular weight is 911 g/mol. The van der Waals surface area contributed by atoms with Gasteiger partial charge in [-0.05, 0) is 150 Å². The number of anilines is 6. The van der Waals surface area contributed by atoms with Gasteiger partial charge in [-0.1, -0.05) is 184 Å². The van der Waals surface area contributed by atoms with Gasteiger partial charge >= 0.3 is 0 Å². The lowest BCUT2D eigenvalue weighted by Gasteiger charge is -2.33. The summed E-state index contributed by atoms with van der Waals surface area (Å²) in [6, 6.07) is 82.8. The van der Waals surface area contributed by atoms with E-state index in [9.17, 15) is 0 Å². The van der Waals surface area contributed by atoms with E-state index >= 15 is 0 Å². The largest absolute Gasteiger partial charge is 0.453 e. The minimum absolute atomic E-state index is 0.190. The third-order valence-corrected chi connectivity index (χ3v) is 14.8. The topological polar surface area (TPSA) is 24.9 Å². The third-order valence-electron chi connectivity index (χ3n) is 14.8. The van der Waals surface area contributed by atoms with Crippen molar-refractivity contribution < 1.29 is 9.47 Å². The number of hydrogen-bond acceptors (Lipinski definition) is 4. The quantitative estimate of drug-likeness (QED) is 0.123. The second-order valence-corrected chi connectivity index (χ2v) is 19.2. The zero-order valence-electron chi connectivity index (χ0n) is 39.3. The van der Waals surface area contributed by atoms with Gasteiger partial charge in [0.05, 0.1) is 22.7 Å². The van der Waals surface area contributed by atoms with Crippen molar-refractivity contribution in [2.75, 3.05) is 9.80 Å². The standard InChI is InChI=1S/C67H46N2O2/c1-67(2)55-41-44(31-39-49(55)50-40-38-48(42-56(50)67)69-59-21-9-13-25-63(59)71-64-26-14-10-22-60(64)69)28-27-43-29-32-45(33-30-43)65-51-15-3-5-17-53(51)66(54-18-6-4-16-52(54)65)46-34-36-47(37-35-46)68-57-19-7-11-23-61(57)70-62-24-12-8-20-58(62)68/h3-42H,1-2H3. The van der Waals surface area contributed by atoms with Crippen LogP contribution in [0.2, 0.25) is 0 Å². The van der Waals surface area contributed by atoms with Gasteiger partial charge in [-0.3, -0.25) is 0 Å². The Hall–Kier alpha value is -9.12. The van der Waals surface area contributed by atoms with Crippen LogP contribution >= 0.6 is 0 Å². The van der Waals surface area contributed by atoms with Crippen molar-refractivity contribution in [3.05, 3.63) is 253 Å². The minimum Gasteiger partial charge on any atom is -0.453 e. The molecule has 0 radical (unpaired) electrons. The van der Waals surface area contributed by atoms with Gasteiger partial charge in [-0.15, -0.1) is 0 Å². The first-order valence-corrected chi connectivity index (χ1v) is 24.4. The van der Waals surface area contributed by atoms with Crippen molar-refractivity contribution in [3.8, 4) is 56.4 Å². The summed E-state index contributed by atoms with van der Waals surface area (Å²) in [6.07, 6.45) is 4.49. The van der Waals surface area contributed by atoms with Gasteiger partial charge in [0.25, 0.3) is 0 Å². The second kappa shape index (κ2) is 16.0. The summed E-state index contributed by atoms with van der Waals surface area (Å²) in [5, 5.41) is 4.93. The summed E-state index contributed by atoms with van der Waals surface area (Å²) in [5.41, 5.74) is 18.6. The van der Waals surface area contributed by atoms with E-state index in [-0.39, 0.29) is 5.41 Å². The molecule has 4 heteroatoms. The van der Waals surface area contributed by atoms with Crippen LogP contribution in [-0.4, -0.2) is 0 Å². The molecule has 14 rings (SSSR count). The minimum atomic E-state index is -0.190. The van der Waals surface area contributed by atoms with Crippen molar-refractivity contribution in [1.82, 2.24) is 0 Å². The lowest BCUT2D eigenvalue weighted by molar-refractivity contribution is 0.476. The Labute approximate surface area is 413 Å². The van der Waals surface area contributed by atoms with Crippen LogP contribution < -0.4 is 19.3 Å². The Morgan fingerprint density at radius 3 is 1.17 bits per heavy atom. The fourth-order valence-electron chi connectivity index (χ4n) is 11.4. The SMILES string of the molecule is CC1(C)c2cc(C=Cc3ccc(-c4c5ccccc5c(-c5ccc(N6c7ccccc7Oc7ccccc76)cc5)c5ccccc45)cc3)ccc2-c2ccc(N3c4ccccc4Oc4ccccc43)cc21.